The third kappa shape index (κ3) is 3.77. The predicted octanol–water partition coefficient (Wildman–Crippen LogP) is 1.72. The number of likely N-dealkylation sites (N-methyl/N-ethyl adjacent to an activating group) is 1. The molecule has 0 spiro atoms. The number of ether oxygens (including phenoxy) is 1. The number of nitrogens with one attached hydrogen (secondary N) is 1. The highest BCUT2D eigenvalue weighted by molar-refractivity contribution is 6.34. The molecule has 0 aliphatic carbocycles. The van der Waals surface area contributed by atoms with E-state index >= 15 is 0 Å². The van der Waals surface area contributed by atoms with Crippen LogP contribution in [-0.2, 0) is 9.59 Å². The minimum absolute atomic E-state index is 0.0795. The molecule has 1 N–H and O–H groups in total. The van der Waals surface area contributed by atoms with E-state index in [9.17, 15) is 9.59 Å². The summed E-state index contributed by atoms with van der Waals surface area (Å²) in [6, 6.07) is 4.24. The van der Waals surface area contributed by atoms with E-state index in [0.717, 1.165) is 0 Å². The number of benzene rings is 1. The minimum Gasteiger partial charge on any atom is -0.484 e. The summed E-state index contributed by atoms with van der Waals surface area (Å²) in [6.07, 6.45) is 0.615. The van der Waals surface area contributed by atoms with E-state index in [1.54, 1.807) is 30.1 Å². The van der Waals surface area contributed by atoms with E-state index in [4.69, 9.17) is 27.9 Å². The lowest BCUT2D eigenvalue weighted by atomic mass is 10.2. The summed E-state index contributed by atoms with van der Waals surface area (Å²) in [5, 5.41) is 3.50. The van der Waals surface area contributed by atoms with Gasteiger partial charge in [-0.1, -0.05) is 23.2 Å². The monoisotopic (exact) mass is 316 g/mol. The van der Waals surface area contributed by atoms with Crippen LogP contribution in [-0.4, -0.2) is 43.0 Å². The normalized spacial score (nSPS) is 18.2. The van der Waals surface area contributed by atoms with Crippen LogP contribution in [0.2, 0.25) is 10.0 Å². The number of halogens is 2. The van der Waals surface area contributed by atoms with E-state index in [-0.39, 0.29) is 18.4 Å². The Kier molecular flexibility index (Phi) is 4.73. The molecule has 2 amide bonds. The maximum atomic E-state index is 11.7. The van der Waals surface area contributed by atoms with Gasteiger partial charge in [0, 0.05) is 23.6 Å². The van der Waals surface area contributed by atoms with Crippen LogP contribution < -0.4 is 10.1 Å². The fourth-order valence-corrected chi connectivity index (χ4v) is 2.46. The van der Waals surface area contributed by atoms with E-state index in [2.05, 4.69) is 5.32 Å². The molecule has 1 heterocycles. The van der Waals surface area contributed by atoms with Crippen molar-refractivity contribution in [3.63, 3.8) is 0 Å². The SMILES string of the molecule is CN1CC[C@@H](NC(=O)COc2cc(Cl)cc(Cl)c2)C1=O. The summed E-state index contributed by atoms with van der Waals surface area (Å²) in [4.78, 5) is 24.9. The Labute approximate surface area is 126 Å². The largest absolute Gasteiger partial charge is 0.484 e. The Morgan fingerprint density at radius 2 is 2.05 bits per heavy atom. The molecule has 108 valence electrons. The van der Waals surface area contributed by atoms with Gasteiger partial charge in [0.25, 0.3) is 5.91 Å². The number of hydrogen-bond donors (Lipinski definition) is 1. The Balaban J connectivity index is 1.85. The molecule has 0 unspecified atom stereocenters. The van der Waals surface area contributed by atoms with Crippen molar-refractivity contribution in [2.45, 2.75) is 12.5 Å². The Morgan fingerprint density at radius 3 is 2.60 bits per heavy atom. The molecule has 2 rings (SSSR count). The molecule has 1 aromatic rings. The standard InChI is InChI=1S/C13H14Cl2N2O3/c1-17-3-2-11(13(17)19)16-12(18)7-20-10-5-8(14)4-9(15)6-10/h4-6,11H,2-3,7H2,1H3,(H,16,18)/t11-/m1/s1. The average molecular weight is 317 g/mol. The number of likely N-dealkylation sites (tertiary alicyclic amines) is 1. The Hall–Kier alpha value is -1.46. The Morgan fingerprint density at radius 1 is 1.40 bits per heavy atom. The van der Waals surface area contributed by atoms with Crippen LogP contribution in [0.15, 0.2) is 18.2 Å². The third-order valence-electron chi connectivity index (χ3n) is 2.97. The summed E-state index contributed by atoms with van der Waals surface area (Å²) in [6.45, 7) is 0.457. The number of rotatable bonds is 4. The second-order valence-electron chi connectivity index (χ2n) is 4.56. The third-order valence-corrected chi connectivity index (χ3v) is 3.41. The predicted molar refractivity (Wildman–Crippen MR) is 76.1 cm³/mol. The fourth-order valence-electron chi connectivity index (χ4n) is 1.95. The zero-order valence-corrected chi connectivity index (χ0v) is 12.4. The average Bonchev–Trinajstić information content (AvgIpc) is 2.67. The van der Waals surface area contributed by atoms with Crippen molar-refractivity contribution in [3.05, 3.63) is 28.2 Å². The van der Waals surface area contributed by atoms with Gasteiger partial charge in [0.15, 0.2) is 6.61 Å². The van der Waals surface area contributed by atoms with Gasteiger partial charge in [-0.15, -0.1) is 0 Å². The second-order valence-corrected chi connectivity index (χ2v) is 5.44. The second kappa shape index (κ2) is 6.33. The first kappa shape index (κ1) is 14.9. The fraction of sp³-hybridized carbons (Fsp3) is 0.385. The van der Waals surface area contributed by atoms with Gasteiger partial charge in [-0.25, -0.2) is 0 Å². The van der Waals surface area contributed by atoms with Crippen molar-refractivity contribution >= 4 is 35.0 Å². The first-order chi connectivity index (χ1) is 9.45. The molecule has 0 radical (unpaired) electrons. The van der Waals surface area contributed by atoms with Gasteiger partial charge < -0.3 is 15.0 Å². The van der Waals surface area contributed by atoms with E-state index < -0.39 is 6.04 Å². The van der Waals surface area contributed by atoms with Gasteiger partial charge in [-0.3, -0.25) is 9.59 Å². The van der Waals surface area contributed by atoms with Crippen LogP contribution in [0.3, 0.4) is 0 Å². The molecule has 20 heavy (non-hydrogen) atoms. The summed E-state index contributed by atoms with van der Waals surface area (Å²) < 4.78 is 5.30. The molecule has 1 aromatic carbocycles. The van der Waals surface area contributed by atoms with Gasteiger partial charge in [-0.2, -0.15) is 0 Å². The highest BCUT2D eigenvalue weighted by Gasteiger charge is 2.30. The van der Waals surface area contributed by atoms with Crippen molar-refractivity contribution < 1.29 is 14.3 Å². The molecule has 5 nitrogen and oxygen atoms in total. The highest BCUT2D eigenvalue weighted by atomic mass is 35.5. The zero-order chi connectivity index (χ0) is 14.7. The van der Waals surface area contributed by atoms with Crippen molar-refractivity contribution in [2.75, 3.05) is 20.2 Å². The summed E-state index contributed by atoms with van der Waals surface area (Å²) in [5.74, 6) is -0.0218. The molecule has 7 heteroatoms. The Bertz CT molecular complexity index is 516. The van der Waals surface area contributed by atoms with E-state index in [0.29, 0.717) is 28.8 Å². The molecule has 0 saturated carbocycles. The molecule has 0 bridgehead atoms. The number of carbonyl (C=O) groups is 2. The molecule has 1 saturated heterocycles. The first-order valence-electron chi connectivity index (χ1n) is 6.09. The van der Waals surface area contributed by atoms with Crippen LogP contribution in [0.5, 0.6) is 5.75 Å². The van der Waals surface area contributed by atoms with Crippen LogP contribution >= 0.6 is 23.2 Å². The zero-order valence-electron chi connectivity index (χ0n) is 10.9. The number of amides is 2. The maximum absolute atomic E-state index is 11.7. The number of hydrogen-bond acceptors (Lipinski definition) is 3. The van der Waals surface area contributed by atoms with Gasteiger partial charge >= 0.3 is 0 Å². The first-order valence-corrected chi connectivity index (χ1v) is 6.84. The molecule has 1 aliphatic heterocycles. The van der Waals surface area contributed by atoms with Crippen LogP contribution in [0.25, 0.3) is 0 Å². The van der Waals surface area contributed by atoms with Crippen molar-refractivity contribution in [2.24, 2.45) is 0 Å². The van der Waals surface area contributed by atoms with Crippen LogP contribution in [0.1, 0.15) is 6.42 Å². The smallest absolute Gasteiger partial charge is 0.258 e. The molecule has 1 fully saturated rings. The van der Waals surface area contributed by atoms with Gasteiger partial charge in [0.1, 0.15) is 11.8 Å². The van der Waals surface area contributed by atoms with Crippen LogP contribution in [0, 0.1) is 0 Å². The van der Waals surface area contributed by atoms with Crippen molar-refractivity contribution in [1.29, 1.82) is 0 Å². The molecule has 0 aromatic heterocycles. The molecule has 1 aliphatic rings. The van der Waals surface area contributed by atoms with Crippen molar-refractivity contribution in [3.8, 4) is 5.75 Å². The summed E-state index contributed by atoms with van der Waals surface area (Å²) in [7, 11) is 1.71. The van der Waals surface area contributed by atoms with E-state index in [1.807, 2.05) is 0 Å². The number of carbonyl (C=O) groups excluding carboxylic acids is 2. The summed E-state index contributed by atoms with van der Waals surface area (Å²) >= 11 is 11.6. The van der Waals surface area contributed by atoms with Gasteiger partial charge in [-0.05, 0) is 24.6 Å². The van der Waals surface area contributed by atoms with Crippen LogP contribution in [0.4, 0.5) is 0 Å². The molecule has 1 atom stereocenters. The van der Waals surface area contributed by atoms with Gasteiger partial charge in [0.2, 0.25) is 5.91 Å². The lowest BCUT2D eigenvalue weighted by Gasteiger charge is -2.13. The van der Waals surface area contributed by atoms with E-state index in [1.165, 1.54) is 0 Å². The molecular weight excluding hydrogens is 303 g/mol. The van der Waals surface area contributed by atoms with Gasteiger partial charge in [0.05, 0.1) is 0 Å². The maximum Gasteiger partial charge on any atom is 0.258 e. The summed E-state index contributed by atoms with van der Waals surface area (Å²) in [5.41, 5.74) is 0. The highest BCUT2D eigenvalue weighted by Crippen LogP contribution is 2.24. The lowest BCUT2D eigenvalue weighted by molar-refractivity contribution is -0.132. The molecular formula is C13H14Cl2N2O3. The van der Waals surface area contributed by atoms with Crippen molar-refractivity contribution in [1.82, 2.24) is 10.2 Å². The lowest BCUT2D eigenvalue weighted by Crippen LogP contribution is -2.42. The topological polar surface area (TPSA) is 58.6 Å². The number of nitrogens with zero attached hydrogens (tertiary/aromatic N) is 1. The quantitative estimate of drug-likeness (QED) is 0.920. The minimum atomic E-state index is -0.459.